The van der Waals surface area contributed by atoms with E-state index in [2.05, 4.69) is 0 Å². The molecule has 0 aliphatic heterocycles. The summed E-state index contributed by atoms with van der Waals surface area (Å²) in [7, 11) is -3.39. The second-order valence-corrected chi connectivity index (χ2v) is 5.75. The van der Waals surface area contributed by atoms with Crippen LogP contribution in [0, 0.1) is 0 Å². The predicted octanol–water partition coefficient (Wildman–Crippen LogP) is 3.25. The van der Waals surface area contributed by atoms with Crippen LogP contribution in [0.1, 0.15) is 5.56 Å². The Bertz CT molecular complexity index is 547. The van der Waals surface area contributed by atoms with Gasteiger partial charge in [0, 0.05) is 11.1 Å². The molecule has 0 aliphatic carbocycles. The van der Waals surface area contributed by atoms with Gasteiger partial charge in [-0.2, -0.15) is 0 Å². The van der Waals surface area contributed by atoms with Gasteiger partial charge in [-0.1, -0.05) is 48.5 Å². The molecule has 17 heavy (non-hydrogen) atoms. The first kappa shape index (κ1) is 11.8. The fourth-order valence-electron chi connectivity index (χ4n) is 1.48. The highest BCUT2D eigenvalue weighted by molar-refractivity contribution is 7.69. The minimum Gasteiger partial charge on any atom is -0.338 e. The van der Waals surface area contributed by atoms with E-state index in [0.717, 1.165) is 5.56 Å². The van der Waals surface area contributed by atoms with Gasteiger partial charge in [0.25, 0.3) is 7.37 Å². The number of hydrogen-bond acceptors (Lipinski definition) is 1. The van der Waals surface area contributed by atoms with Crippen molar-refractivity contribution in [3.63, 3.8) is 0 Å². The number of benzene rings is 2. The highest BCUT2D eigenvalue weighted by atomic mass is 31.2. The van der Waals surface area contributed by atoms with Gasteiger partial charge in [-0.05, 0) is 23.8 Å². The molecule has 0 radical (unpaired) electrons. The summed E-state index contributed by atoms with van der Waals surface area (Å²) in [6, 6.07) is 18.1. The molecule has 0 spiro atoms. The molecule has 0 saturated carbocycles. The maximum Gasteiger partial charge on any atom is 0.251 e. The van der Waals surface area contributed by atoms with Gasteiger partial charge in [-0.15, -0.1) is 0 Å². The van der Waals surface area contributed by atoms with E-state index in [1.54, 1.807) is 30.3 Å². The van der Waals surface area contributed by atoms with Crippen LogP contribution in [0.15, 0.2) is 66.5 Å². The van der Waals surface area contributed by atoms with Gasteiger partial charge in [-0.25, -0.2) is 0 Å². The lowest BCUT2D eigenvalue weighted by molar-refractivity contribution is 0.500. The SMILES string of the molecule is O=P(O)(C=Cc1ccccc1)c1ccccc1. The summed E-state index contributed by atoms with van der Waals surface area (Å²) >= 11 is 0. The minimum absolute atomic E-state index is 0.451. The van der Waals surface area contributed by atoms with Crippen molar-refractivity contribution in [3.05, 3.63) is 72.0 Å². The second-order valence-electron chi connectivity index (χ2n) is 3.68. The molecule has 2 aromatic rings. The molecule has 0 heterocycles. The van der Waals surface area contributed by atoms with Gasteiger partial charge in [0.1, 0.15) is 0 Å². The largest absolute Gasteiger partial charge is 0.338 e. The summed E-state index contributed by atoms with van der Waals surface area (Å²) in [6.45, 7) is 0. The quantitative estimate of drug-likeness (QED) is 0.841. The monoisotopic (exact) mass is 244 g/mol. The topological polar surface area (TPSA) is 37.3 Å². The molecule has 0 aliphatic rings. The third-order valence-corrected chi connectivity index (χ3v) is 3.99. The van der Waals surface area contributed by atoms with Crippen molar-refractivity contribution in [1.29, 1.82) is 0 Å². The second kappa shape index (κ2) is 5.13. The third kappa shape index (κ3) is 3.16. The van der Waals surface area contributed by atoms with E-state index in [0.29, 0.717) is 5.30 Å². The van der Waals surface area contributed by atoms with Crippen LogP contribution in [-0.4, -0.2) is 4.89 Å². The molecule has 1 unspecified atom stereocenters. The highest BCUT2D eigenvalue weighted by Crippen LogP contribution is 2.41. The van der Waals surface area contributed by atoms with Crippen LogP contribution in [-0.2, 0) is 4.57 Å². The number of rotatable bonds is 3. The summed E-state index contributed by atoms with van der Waals surface area (Å²) in [5.41, 5.74) is 0.915. The Morgan fingerprint density at radius 2 is 1.41 bits per heavy atom. The molecule has 1 N–H and O–H groups in total. The van der Waals surface area contributed by atoms with Gasteiger partial charge in [0.2, 0.25) is 0 Å². The van der Waals surface area contributed by atoms with E-state index in [1.807, 2.05) is 36.4 Å². The van der Waals surface area contributed by atoms with Crippen molar-refractivity contribution in [3.8, 4) is 0 Å². The van der Waals surface area contributed by atoms with Crippen molar-refractivity contribution in [1.82, 2.24) is 0 Å². The van der Waals surface area contributed by atoms with Gasteiger partial charge in [0.05, 0.1) is 0 Å². The van der Waals surface area contributed by atoms with Gasteiger partial charge >= 0.3 is 0 Å². The highest BCUT2D eigenvalue weighted by Gasteiger charge is 2.15. The van der Waals surface area contributed by atoms with Crippen LogP contribution >= 0.6 is 7.37 Å². The van der Waals surface area contributed by atoms with Crippen molar-refractivity contribution < 1.29 is 9.46 Å². The first-order valence-electron chi connectivity index (χ1n) is 5.31. The van der Waals surface area contributed by atoms with E-state index >= 15 is 0 Å². The van der Waals surface area contributed by atoms with Crippen molar-refractivity contribution in [2.45, 2.75) is 0 Å². The molecule has 86 valence electrons. The van der Waals surface area contributed by atoms with Crippen LogP contribution in [0.25, 0.3) is 6.08 Å². The Balaban J connectivity index is 2.24. The molecular formula is C14H13O2P. The fourth-order valence-corrected chi connectivity index (χ4v) is 2.62. The average molecular weight is 244 g/mol. The van der Waals surface area contributed by atoms with E-state index in [9.17, 15) is 9.46 Å². The standard InChI is InChI=1S/C14H13O2P/c15-17(16,14-9-5-2-6-10-14)12-11-13-7-3-1-4-8-13/h1-12H,(H,15,16). The average Bonchev–Trinajstić information content (AvgIpc) is 2.39. The zero-order valence-corrected chi connectivity index (χ0v) is 10.1. The molecule has 2 aromatic carbocycles. The molecule has 0 saturated heterocycles. The van der Waals surface area contributed by atoms with Crippen molar-refractivity contribution >= 4 is 18.7 Å². The van der Waals surface area contributed by atoms with Gasteiger partial charge in [-0.3, -0.25) is 4.57 Å². The van der Waals surface area contributed by atoms with E-state index < -0.39 is 7.37 Å². The maximum atomic E-state index is 12.1. The molecule has 0 aromatic heterocycles. The summed E-state index contributed by atoms with van der Waals surface area (Å²) in [6.07, 6.45) is 1.67. The lowest BCUT2D eigenvalue weighted by atomic mass is 10.2. The summed E-state index contributed by atoms with van der Waals surface area (Å²) in [4.78, 5) is 9.92. The lowest BCUT2D eigenvalue weighted by Crippen LogP contribution is -2.00. The molecule has 3 heteroatoms. The predicted molar refractivity (Wildman–Crippen MR) is 71.4 cm³/mol. The molecule has 2 nitrogen and oxygen atoms in total. The number of hydrogen-bond donors (Lipinski definition) is 1. The van der Waals surface area contributed by atoms with Crippen molar-refractivity contribution in [2.24, 2.45) is 0 Å². The zero-order chi connectivity index (χ0) is 12.1. The summed E-state index contributed by atoms with van der Waals surface area (Å²) in [5, 5.41) is 0.451. The Morgan fingerprint density at radius 3 is 2.00 bits per heavy atom. The minimum atomic E-state index is -3.39. The van der Waals surface area contributed by atoms with Crippen LogP contribution < -0.4 is 5.30 Å². The fraction of sp³-hybridized carbons (Fsp3) is 0. The summed E-state index contributed by atoms with van der Waals surface area (Å²) < 4.78 is 12.1. The maximum absolute atomic E-state index is 12.1. The molecule has 2 rings (SSSR count). The Morgan fingerprint density at radius 1 is 0.882 bits per heavy atom. The Hall–Kier alpha value is -1.63. The van der Waals surface area contributed by atoms with Gasteiger partial charge < -0.3 is 4.89 Å². The van der Waals surface area contributed by atoms with Crippen LogP contribution in [0.4, 0.5) is 0 Å². The lowest BCUT2D eigenvalue weighted by Gasteiger charge is -2.05. The van der Waals surface area contributed by atoms with Gasteiger partial charge in [0.15, 0.2) is 0 Å². The summed E-state index contributed by atoms with van der Waals surface area (Å²) in [5.74, 6) is 1.37. The molecule has 1 atom stereocenters. The van der Waals surface area contributed by atoms with Crippen LogP contribution in [0.5, 0.6) is 0 Å². The molecular weight excluding hydrogens is 231 g/mol. The van der Waals surface area contributed by atoms with Crippen LogP contribution in [0.2, 0.25) is 0 Å². The van der Waals surface area contributed by atoms with E-state index in [-0.39, 0.29) is 0 Å². The molecule has 0 bridgehead atoms. The molecule has 0 fully saturated rings. The zero-order valence-electron chi connectivity index (χ0n) is 9.23. The normalized spacial score (nSPS) is 14.6. The third-order valence-electron chi connectivity index (χ3n) is 2.39. The van der Waals surface area contributed by atoms with Crippen molar-refractivity contribution in [2.75, 3.05) is 0 Å². The Kier molecular flexibility index (Phi) is 3.58. The Labute approximate surface area is 101 Å². The molecule has 0 amide bonds. The first-order chi connectivity index (χ1) is 8.18. The van der Waals surface area contributed by atoms with E-state index in [4.69, 9.17) is 0 Å². The van der Waals surface area contributed by atoms with E-state index in [1.165, 1.54) is 5.82 Å². The first-order valence-corrected chi connectivity index (χ1v) is 7.04. The smallest absolute Gasteiger partial charge is 0.251 e. The van der Waals surface area contributed by atoms with Crippen LogP contribution in [0.3, 0.4) is 0 Å².